The van der Waals surface area contributed by atoms with Crippen LogP contribution in [0, 0.1) is 0 Å². The van der Waals surface area contributed by atoms with Crippen molar-refractivity contribution in [3.8, 4) is 0 Å². The molecule has 2 aromatic rings. The van der Waals surface area contributed by atoms with E-state index < -0.39 is 0 Å². The molecule has 114 valence electrons. The zero-order valence-electron chi connectivity index (χ0n) is 12.9. The van der Waals surface area contributed by atoms with Crippen LogP contribution in [0.4, 0.5) is 5.69 Å². The molecule has 0 aliphatic heterocycles. The van der Waals surface area contributed by atoms with Crippen LogP contribution >= 0.6 is 0 Å². The van der Waals surface area contributed by atoms with E-state index in [1.165, 1.54) is 38.5 Å². The summed E-state index contributed by atoms with van der Waals surface area (Å²) >= 11 is 0. The van der Waals surface area contributed by atoms with E-state index >= 15 is 0 Å². The summed E-state index contributed by atoms with van der Waals surface area (Å²) in [6.45, 7) is 2.23. The van der Waals surface area contributed by atoms with Crippen LogP contribution in [0.5, 0.6) is 0 Å². The summed E-state index contributed by atoms with van der Waals surface area (Å²) < 4.78 is 5.22. The predicted octanol–water partition coefficient (Wildman–Crippen LogP) is 4.67. The second-order valence-corrected chi connectivity index (χ2v) is 5.72. The summed E-state index contributed by atoms with van der Waals surface area (Å²) in [5, 5.41) is 1.01. The average Bonchev–Trinajstić information content (AvgIpc) is 2.45. The molecule has 0 saturated carbocycles. The lowest BCUT2D eigenvalue weighted by Crippen LogP contribution is -2.01. The molecule has 0 spiro atoms. The van der Waals surface area contributed by atoms with E-state index in [0.29, 0.717) is 11.3 Å². The fraction of sp³-hybridized carbons (Fsp3) is 0.500. The van der Waals surface area contributed by atoms with E-state index in [1.807, 2.05) is 12.1 Å². The van der Waals surface area contributed by atoms with Gasteiger partial charge >= 0.3 is 5.63 Å². The molecule has 0 atom stereocenters. The number of nitrogens with two attached hydrogens (primary N) is 1. The first kappa shape index (κ1) is 15.6. The highest BCUT2D eigenvalue weighted by Gasteiger charge is 2.05. The molecule has 3 heteroatoms. The smallest absolute Gasteiger partial charge is 0.336 e. The molecule has 21 heavy (non-hydrogen) atoms. The van der Waals surface area contributed by atoms with Gasteiger partial charge in [0.25, 0.3) is 0 Å². The topological polar surface area (TPSA) is 56.2 Å². The fourth-order valence-corrected chi connectivity index (χ4v) is 2.73. The molecule has 0 aliphatic rings. The second-order valence-electron chi connectivity index (χ2n) is 5.72. The normalized spacial score (nSPS) is 11.1. The molecule has 0 amide bonds. The van der Waals surface area contributed by atoms with E-state index in [0.717, 1.165) is 23.8 Å². The number of benzene rings is 1. The van der Waals surface area contributed by atoms with Crippen LogP contribution in [0.25, 0.3) is 11.0 Å². The van der Waals surface area contributed by atoms with Gasteiger partial charge in [0.05, 0.1) is 0 Å². The molecule has 0 unspecified atom stereocenters. The lowest BCUT2D eigenvalue weighted by Gasteiger charge is -2.06. The Morgan fingerprint density at radius 3 is 2.48 bits per heavy atom. The van der Waals surface area contributed by atoms with Gasteiger partial charge in [-0.1, -0.05) is 45.4 Å². The molecule has 0 saturated heterocycles. The number of nitrogen functional groups attached to an aromatic ring is 1. The SMILES string of the molecule is CCCCCCCCCc1cc(=O)oc2cc(N)ccc12. The van der Waals surface area contributed by atoms with E-state index in [-0.39, 0.29) is 5.63 Å². The molecule has 0 radical (unpaired) electrons. The second kappa shape index (κ2) is 7.87. The van der Waals surface area contributed by atoms with Gasteiger partial charge in [0.1, 0.15) is 5.58 Å². The maximum absolute atomic E-state index is 11.6. The van der Waals surface area contributed by atoms with Crippen molar-refractivity contribution in [2.45, 2.75) is 58.3 Å². The van der Waals surface area contributed by atoms with Gasteiger partial charge in [0.15, 0.2) is 0 Å². The van der Waals surface area contributed by atoms with Gasteiger partial charge in [0, 0.05) is 23.2 Å². The van der Waals surface area contributed by atoms with Gasteiger partial charge in [-0.3, -0.25) is 0 Å². The van der Waals surface area contributed by atoms with Crippen LogP contribution < -0.4 is 11.4 Å². The predicted molar refractivity (Wildman–Crippen MR) is 88.6 cm³/mol. The average molecular weight is 287 g/mol. The van der Waals surface area contributed by atoms with Gasteiger partial charge in [-0.2, -0.15) is 0 Å². The first-order valence-corrected chi connectivity index (χ1v) is 8.03. The van der Waals surface area contributed by atoms with Gasteiger partial charge in [-0.05, 0) is 30.5 Å². The summed E-state index contributed by atoms with van der Waals surface area (Å²) in [5.41, 5.74) is 7.76. The van der Waals surface area contributed by atoms with Crippen molar-refractivity contribution < 1.29 is 4.42 Å². The molecular weight excluding hydrogens is 262 g/mol. The first-order valence-electron chi connectivity index (χ1n) is 8.03. The zero-order valence-corrected chi connectivity index (χ0v) is 12.9. The molecule has 0 aliphatic carbocycles. The van der Waals surface area contributed by atoms with Crippen molar-refractivity contribution in [2.24, 2.45) is 0 Å². The van der Waals surface area contributed by atoms with Crippen LogP contribution in [0.2, 0.25) is 0 Å². The number of anilines is 1. The first-order chi connectivity index (χ1) is 10.2. The zero-order chi connectivity index (χ0) is 15.1. The summed E-state index contributed by atoms with van der Waals surface area (Å²) in [4.78, 5) is 11.6. The van der Waals surface area contributed by atoms with E-state index in [4.69, 9.17) is 10.2 Å². The minimum Gasteiger partial charge on any atom is -0.423 e. The monoisotopic (exact) mass is 287 g/mol. The van der Waals surface area contributed by atoms with Crippen molar-refractivity contribution >= 4 is 16.7 Å². The molecule has 1 heterocycles. The van der Waals surface area contributed by atoms with Gasteiger partial charge < -0.3 is 10.2 Å². The molecule has 2 N–H and O–H groups in total. The molecular formula is C18H25NO2. The van der Waals surface area contributed by atoms with E-state index in [9.17, 15) is 4.79 Å². The van der Waals surface area contributed by atoms with Gasteiger partial charge in [-0.25, -0.2) is 4.79 Å². The van der Waals surface area contributed by atoms with Crippen molar-refractivity contribution in [3.05, 3.63) is 40.2 Å². The molecule has 1 aromatic heterocycles. The lowest BCUT2D eigenvalue weighted by atomic mass is 10.0. The van der Waals surface area contributed by atoms with Gasteiger partial charge in [-0.15, -0.1) is 0 Å². The molecule has 3 nitrogen and oxygen atoms in total. The highest BCUT2D eigenvalue weighted by atomic mass is 16.4. The quantitative estimate of drug-likeness (QED) is 0.436. The maximum atomic E-state index is 11.6. The Morgan fingerprint density at radius 1 is 1.00 bits per heavy atom. The summed E-state index contributed by atoms with van der Waals surface area (Å²) in [7, 11) is 0. The highest BCUT2D eigenvalue weighted by Crippen LogP contribution is 2.21. The Hall–Kier alpha value is -1.77. The third-order valence-electron chi connectivity index (χ3n) is 3.90. The number of fused-ring (bicyclic) bond motifs is 1. The summed E-state index contributed by atoms with van der Waals surface area (Å²) in [5.74, 6) is 0. The third-order valence-corrected chi connectivity index (χ3v) is 3.90. The Labute approximate surface area is 126 Å². The summed E-state index contributed by atoms with van der Waals surface area (Å²) in [6, 6.07) is 7.15. The Kier molecular flexibility index (Phi) is 5.85. The van der Waals surface area contributed by atoms with E-state index in [1.54, 1.807) is 12.1 Å². The Morgan fingerprint density at radius 2 is 1.71 bits per heavy atom. The number of rotatable bonds is 8. The van der Waals surface area contributed by atoms with Crippen LogP contribution in [0.15, 0.2) is 33.5 Å². The standard InChI is InChI=1S/C18H25NO2/c1-2-3-4-5-6-7-8-9-14-12-18(20)21-17-13-15(19)10-11-16(14)17/h10-13H,2-9,19H2,1H3. The number of unbranched alkanes of at least 4 members (excludes halogenated alkanes) is 6. The summed E-state index contributed by atoms with van der Waals surface area (Å²) in [6.07, 6.45) is 9.85. The minimum atomic E-state index is -0.286. The Balaban J connectivity index is 1.94. The van der Waals surface area contributed by atoms with Crippen LogP contribution in [0.3, 0.4) is 0 Å². The van der Waals surface area contributed by atoms with Crippen molar-refractivity contribution in [3.63, 3.8) is 0 Å². The number of hydrogen-bond donors (Lipinski definition) is 1. The van der Waals surface area contributed by atoms with Crippen LogP contribution in [0.1, 0.15) is 57.4 Å². The largest absolute Gasteiger partial charge is 0.423 e. The molecule has 0 bridgehead atoms. The van der Waals surface area contributed by atoms with E-state index in [2.05, 4.69) is 6.92 Å². The van der Waals surface area contributed by atoms with Gasteiger partial charge in [0.2, 0.25) is 0 Å². The third kappa shape index (κ3) is 4.62. The highest BCUT2D eigenvalue weighted by molar-refractivity contribution is 5.82. The van der Waals surface area contributed by atoms with Crippen LogP contribution in [-0.4, -0.2) is 0 Å². The minimum absolute atomic E-state index is 0.286. The molecule has 2 rings (SSSR count). The number of aryl methyl sites for hydroxylation is 1. The van der Waals surface area contributed by atoms with Crippen LogP contribution in [-0.2, 0) is 6.42 Å². The fourth-order valence-electron chi connectivity index (χ4n) is 2.73. The maximum Gasteiger partial charge on any atom is 0.336 e. The van der Waals surface area contributed by atoms with Crippen molar-refractivity contribution in [2.75, 3.05) is 5.73 Å². The molecule has 1 aromatic carbocycles. The Bertz CT molecular complexity index is 631. The van der Waals surface area contributed by atoms with Crippen molar-refractivity contribution in [1.82, 2.24) is 0 Å². The lowest BCUT2D eigenvalue weighted by molar-refractivity contribution is 0.556. The number of hydrogen-bond acceptors (Lipinski definition) is 3. The molecule has 0 fully saturated rings. The van der Waals surface area contributed by atoms with Crippen molar-refractivity contribution in [1.29, 1.82) is 0 Å².